The average molecular weight is 793 g/mol. The molecule has 0 aromatic carbocycles. The lowest BCUT2D eigenvalue weighted by Crippen LogP contribution is -2.45. The lowest BCUT2D eigenvalue weighted by Gasteiger charge is -2.20. The van der Waals surface area contributed by atoms with Crippen molar-refractivity contribution in [2.75, 3.05) is 25.6 Å². The van der Waals surface area contributed by atoms with Crippen molar-refractivity contribution in [1.29, 1.82) is 0 Å². The molecule has 3 N–H and O–H groups in total. The maximum Gasteiger partial charge on any atom is 0.389 e. The van der Waals surface area contributed by atoms with Crippen molar-refractivity contribution < 1.29 is 37.5 Å². The molecular formula is C41H81N2O8PS. The number of nitrogens with one attached hydrogen (secondary N) is 1. The molecule has 0 aromatic heterocycles. The second-order valence-corrected chi connectivity index (χ2v) is 18.6. The van der Waals surface area contributed by atoms with Crippen LogP contribution in [0.25, 0.3) is 0 Å². The van der Waals surface area contributed by atoms with Crippen LogP contribution in [-0.4, -0.2) is 61.6 Å². The quantitative estimate of drug-likeness (QED) is 0.0266. The maximum absolute atomic E-state index is 12.8. The van der Waals surface area contributed by atoms with Crippen molar-refractivity contribution in [3.05, 3.63) is 0 Å². The van der Waals surface area contributed by atoms with Gasteiger partial charge in [-0.05, 0) is 77.1 Å². The SMILES string of the molecule is CCCCCCCCCCCC(=O)CC[C@@H](CCC[C@@H](N)C(=O)N[C@H](C)OCCCSP(=O)(OCC)OCC)OC(=O)CCCCCCCCCCC. The van der Waals surface area contributed by atoms with Crippen molar-refractivity contribution in [1.82, 2.24) is 5.32 Å². The summed E-state index contributed by atoms with van der Waals surface area (Å²) in [5.74, 6) is 0.260. The van der Waals surface area contributed by atoms with E-state index in [1.807, 2.05) is 0 Å². The average Bonchev–Trinajstić information content (AvgIpc) is 3.12. The van der Waals surface area contributed by atoms with Crippen LogP contribution < -0.4 is 11.1 Å². The van der Waals surface area contributed by atoms with Gasteiger partial charge in [-0.3, -0.25) is 14.4 Å². The van der Waals surface area contributed by atoms with E-state index in [0.29, 0.717) is 76.9 Å². The second-order valence-electron chi connectivity index (χ2n) is 14.4. The smallest absolute Gasteiger partial charge is 0.389 e. The van der Waals surface area contributed by atoms with Gasteiger partial charge in [-0.25, -0.2) is 4.57 Å². The van der Waals surface area contributed by atoms with Crippen LogP contribution in [0, 0.1) is 0 Å². The van der Waals surface area contributed by atoms with E-state index >= 15 is 0 Å². The lowest BCUT2D eigenvalue weighted by atomic mass is 10.00. The monoisotopic (exact) mass is 793 g/mol. The Morgan fingerprint density at radius 3 is 1.68 bits per heavy atom. The Labute approximate surface area is 329 Å². The molecule has 1 amide bonds. The molecule has 0 spiro atoms. The van der Waals surface area contributed by atoms with E-state index in [0.717, 1.165) is 43.5 Å². The van der Waals surface area contributed by atoms with Gasteiger partial charge in [-0.2, -0.15) is 0 Å². The maximum atomic E-state index is 12.8. The van der Waals surface area contributed by atoms with E-state index < -0.39 is 19.1 Å². The Morgan fingerprint density at radius 1 is 0.642 bits per heavy atom. The number of hydrogen-bond donors (Lipinski definition) is 2. The number of carbonyl (C=O) groups excluding carboxylic acids is 3. The number of amides is 1. The van der Waals surface area contributed by atoms with Crippen LogP contribution in [-0.2, 0) is 37.5 Å². The number of hydrogen-bond acceptors (Lipinski definition) is 10. The van der Waals surface area contributed by atoms with Crippen LogP contribution in [0.15, 0.2) is 0 Å². The van der Waals surface area contributed by atoms with Crippen molar-refractivity contribution in [2.24, 2.45) is 5.73 Å². The van der Waals surface area contributed by atoms with Crippen molar-refractivity contribution >= 4 is 35.8 Å². The Balaban J connectivity index is 4.64. The highest BCUT2D eigenvalue weighted by molar-refractivity contribution is 8.55. The van der Waals surface area contributed by atoms with E-state index in [-0.39, 0.29) is 23.8 Å². The van der Waals surface area contributed by atoms with Gasteiger partial charge in [0.1, 0.15) is 18.1 Å². The molecule has 0 saturated heterocycles. The predicted molar refractivity (Wildman–Crippen MR) is 221 cm³/mol. The molecule has 53 heavy (non-hydrogen) atoms. The van der Waals surface area contributed by atoms with Crippen LogP contribution in [0.3, 0.4) is 0 Å². The van der Waals surface area contributed by atoms with Gasteiger partial charge in [0, 0.05) is 31.6 Å². The summed E-state index contributed by atoms with van der Waals surface area (Å²) in [6.07, 6.45) is 24.8. The van der Waals surface area contributed by atoms with Crippen LogP contribution in [0.4, 0.5) is 0 Å². The molecule has 0 fully saturated rings. The van der Waals surface area contributed by atoms with Gasteiger partial charge in [0.05, 0.1) is 19.3 Å². The third-order valence-electron chi connectivity index (χ3n) is 9.29. The molecule has 0 rings (SSSR count). The molecule has 3 atom stereocenters. The fourth-order valence-electron chi connectivity index (χ4n) is 6.14. The molecule has 0 bridgehead atoms. The Morgan fingerprint density at radius 2 is 1.15 bits per heavy atom. The second kappa shape index (κ2) is 36.7. The van der Waals surface area contributed by atoms with E-state index in [2.05, 4.69) is 19.2 Å². The molecular weight excluding hydrogens is 711 g/mol. The number of esters is 1. The summed E-state index contributed by atoms with van der Waals surface area (Å²) in [7, 11) is 0. The van der Waals surface area contributed by atoms with Gasteiger partial charge < -0.3 is 29.6 Å². The van der Waals surface area contributed by atoms with Gasteiger partial charge in [-0.1, -0.05) is 117 Å². The Bertz CT molecular complexity index is 934. The minimum Gasteiger partial charge on any atom is -0.462 e. The molecule has 0 aromatic rings. The third kappa shape index (κ3) is 32.9. The van der Waals surface area contributed by atoms with E-state index in [1.165, 1.54) is 83.5 Å². The molecule has 0 saturated carbocycles. The highest BCUT2D eigenvalue weighted by Crippen LogP contribution is 2.60. The topological polar surface area (TPSA) is 143 Å². The number of nitrogens with two attached hydrogens (primary N) is 1. The van der Waals surface area contributed by atoms with E-state index in [1.54, 1.807) is 20.8 Å². The summed E-state index contributed by atoms with van der Waals surface area (Å²) in [5, 5.41) is 2.80. The van der Waals surface area contributed by atoms with Crippen molar-refractivity contribution in [3.8, 4) is 0 Å². The number of rotatable bonds is 40. The molecule has 0 aliphatic rings. The predicted octanol–water partition coefficient (Wildman–Crippen LogP) is 11.4. The van der Waals surface area contributed by atoms with Crippen molar-refractivity contribution in [3.63, 3.8) is 0 Å². The fraction of sp³-hybridized carbons (Fsp3) is 0.927. The summed E-state index contributed by atoms with van der Waals surface area (Å²) >= 11 is 1.15. The summed E-state index contributed by atoms with van der Waals surface area (Å²) in [6.45, 7) is 7.61. The zero-order chi connectivity index (χ0) is 39.4. The number of unbranched alkanes of at least 4 members (excludes halogenated alkanes) is 16. The number of carbonyl (C=O) groups is 3. The zero-order valence-corrected chi connectivity index (χ0v) is 36.4. The van der Waals surface area contributed by atoms with Crippen LogP contribution in [0.2, 0.25) is 0 Å². The molecule has 0 unspecified atom stereocenters. The summed E-state index contributed by atoms with van der Waals surface area (Å²) in [5.41, 5.74) is 6.22. The van der Waals surface area contributed by atoms with Crippen molar-refractivity contribution in [2.45, 2.75) is 220 Å². The first kappa shape index (κ1) is 52.0. The van der Waals surface area contributed by atoms with Crippen LogP contribution >= 0.6 is 18.2 Å². The number of Topliss-reactive ketones (excluding diaryl/α,β-unsaturated/α-hetero) is 1. The largest absolute Gasteiger partial charge is 0.462 e. The summed E-state index contributed by atoms with van der Waals surface area (Å²) in [6, 6.07) is -0.730. The lowest BCUT2D eigenvalue weighted by molar-refractivity contribution is -0.150. The summed E-state index contributed by atoms with van der Waals surface area (Å²) < 4.78 is 34.7. The molecule has 12 heteroatoms. The minimum absolute atomic E-state index is 0.200. The van der Waals surface area contributed by atoms with Gasteiger partial charge in [0.25, 0.3) is 0 Å². The third-order valence-corrected chi connectivity index (χ3v) is 13.4. The van der Waals surface area contributed by atoms with Gasteiger partial charge in [-0.15, -0.1) is 0 Å². The molecule has 10 nitrogen and oxygen atoms in total. The fourth-order valence-corrected chi connectivity index (χ4v) is 9.60. The van der Waals surface area contributed by atoms with Crippen LogP contribution in [0.1, 0.15) is 202 Å². The Kier molecular flexibility index (Phi) is 36.0. The zero-order valence-electron chi connectivity index (χ0n) is 34.6. The Hall–Kier alpha value is -0.970. The molecule has 0 heterocycles. The normalized spacial score (nSPS) is 13.5. The molecule has 0 aliphatic carbocycles. The van der Waals surface area contributed by atoms with E-state index in [9.17, 15) is 18.9 Å². The number of ketones is 1. The molecule has 0 radical (unpaired) electrons. The first-order valence-corrected chi connectivity index (χ1v) is 24.7. The van der Waals surface area contributed by atoms with Gasteiger partial charge >= 0.3 is 12.8 Å². The number of ether oxygens (including phenoxy) is 2. The van der Waals surface area contributed by atoms with E-state index in [4.69, 9.17) is 24.3 Å². The standard InChI is InChI=1S/C41H81N2O8PS/c1-6-10-12-14-16-18-20-22-24-28-37(44)32-33-38(51-40(45)31-25-23-21-19-17-15-13-11-7-2)29-26-30-39(42)41(46)43-36(5)48-34-27-35-53-52(47,49-8-3)50-9-4/h36,38-39H,6-35,42H2,1-5H3,(H,43,46)/t36-,38+,39+/m0/s1. The highest BCUT2D eigenvalue weighted by Gasteiger charge is 2.24. The first-order chi connectivity index (χ1) is 25.6. The van der Waals surface area contributed by atoms with Crippen LogP contribution in [0.5, 0.6) is 0 Å². The van der Waals surface area contributed by atoms with Gasteiger partial charge in [0.15, 0.2) is 0 Å². The minimum atomic E-state index is -3.15. The molecule has 0 aliphatic heterocycles. The first-order valence-electron chi connectivity index (χ1n) is 21.5. The summed E-state index contributed by atoms with van der Waals surface area (Å²) in [4.78, 5) is 38.3. The van der Waals surface area contributed by atoms with Gasteiger partial charge in [0.2, 0.25) is 5.91 Å². The molecule has 314 valence electrons. The highest BCUT2D eigenvalue weighted by atomic mass is 32.7.